The maximum absolute atomic E-state index is 11.7. The third-order valence-electron chi connectivity index (χ3n) is 2.73. The number of nitrogens with one attached hydrogen (secondary N) is 3. The zero-order chi connectivity index (χ0) is 15.6. The Hall–Kier alpha value is -2.47. The first kappa shape index (κ1) is 15.9. The average molecular weight is 315 g/mol. The Morgan fingerprint density at radius 3 is 2.18 bits per heavy atom. The van der Waals surface area contributed by atoms with Crippen LogP contribution in [-0.2, 0) is 0 Å². The monoisotopic (exact) mass is 315 g/mol. The van der Waals surface area contributed by atoms with E-state index in [1.54, 1.807) is 36.0 Å². The molecule has 0 unspecified atom stereocenters. The van der Waals surface area contributed by atoms with Gasteiger partial charge in [-0.1, -0.05) is 36.4 Å². The van der Waals surface area contributed by atoms with Gasteiger partial charge in [0.05, 0.1) is 0 Å². The normalized spacial score (nSPS) is 9.82. The first-order valence-corrected chi connectivity index (χ1v) is 7.81. The molecule has 0 saturated heterocycles. The quantitative estimate of drug-likeness (QED) is 0.451. The molecule has 0 atom stereocenters. The largest absolute Gasteiger partial charge is 0.336 e. The average Bonchev–Trinajstić information content (AvgIpc) is 2.58. The lowest BCUT2D eigenvalue weighted by Gasteiger charge is -2.09. The first-order chi connectivity index (χ1) is 10.8. The van der Waals surface area contributed by atoms with Gasteiger partial charge in [0.1, 0.15) is 0 Å². The van der Waals surface area contributed by atoms with Gasteiger partial charge in [-0.3, -0.25) is 10.2 Å². The van der Waals surface area contributed by atoms with E-state index in [-0.39, 0.29) is 5.91 Å². The van der Waals surface area contributed by atoms with E-state index in [0.717, 1.165) is 10.6 Å². The Morgan fingerprint density at radius 1 is 0.864 bits per heavy atom. The summed E-state index contributed by atoms with van der Waals surface area (Å²) in [5, 5.41) is 2.67. The molecule has 22 heavy (non-hydrogen) atoms. The van der Waals surface area contributed by atoms with E-state index < -0.39 is 6.03 Å². The molecule has 2 rings (SSSR count). The van der Waals surface area contributed by atoms with Crippen LogP contribution in [0.5, 0.6) is 0 Å². The molecule has 0 spiro atoms. The molecule has 0 aromatic heterocycles. The van der Waals surface area contributed by atoms with Crippen LogP contribution < -0.4 is 16.2 Å². The number of benzene rings is 2. The molecule has 2 aromatic rings. The van der Waals surface area contributed by atoms with Crippen molar-refractivity contribution in [2.24, 2.45) is 0 Å². The standard InChI is InChI=1S/C16H17N3O2S/c20-15(13-7-3-1-4-8-13)18-19-16(21)17-11-12-22-14-9-5-2-6-10-14/h1-10H,11-12H2,(H,18,20)(H2,17,19,21). The van der Waals surface area contributed by atoms with E-state index in [1.165, 1.54) is 0 Å². The van der Waals surface area contributed by atoms with Gasteiger partial charge in [0, 0.05) is 22.8 Å². The fourth-order valence-corrected chi connectivity index (χ4v) is 2.46. The van der Waals surface area contributed by atoms with Crippen LogP contribution in [0.1, 0.15) is 10.4 Å². The fraction of sp³-hybridized carbons (Fsp3) is 0.125. The number of hydrogen-bond acceptors (Lipinski definition) is 3. The maximum Gasteiger partial charge on any atom is 0.333 e. The van der Waals surface area contributed by atoms with Crippen molar-refractivity contribution in [3.05, 3.63) is 66.2 Å². The number of thioether (sulfide) groups is 1. The second-order valence-electron chi connectivity index (χ2n) is 4.36. The fourth-order valence-electron chi connectivity index (χ4n) is 1.67. The van der Waals surface area contributed by atoms with Gasteiger partial charge >= 0.3 is 6.03 Å². The molecule has 0 saturated carbocycles. The maximum atomic E-state index is 11.7. The van der Waals surface area contributed by atoms with Crippen molar-refractivity contribution in [1.82, 2.24) is 16.2 Å². The predicted molar refractivity (Wildman–Crippen MR) is 87.6 cm³/mol. The van der Waals surface area contributed by atoms with Crippen LogP contribution in [0, 0.1) is 0 Å². The molecule has 0 aliphatic rings. The van der Waals surface area contributed by atoms with Crippen LogP contribution in [0.3, 0.4) is 0 Å². The van der Waals surface area contributed by atoms with E-state index in [9.17, 15) is 9.59 Å². The summed E-state index contributed by atoms with van der Waals surface area (Å²) in [5.41, 5.74) is 5.16. The lowest BCUT2D eigenvalue weighted by Crippen LogP contribution is -2.47. The Kier molecular flexibility index (Phi) is 6.32. The van der Waals surface area contributed by atoms with Gasteiger partial charge in [-0.05, 0) is 24.3 Å². The molecular weight excluding hydrogens is 298 g/mol. The summed E-state index contributed by atoms with van der Waals surface area (Å²) < 4.78 is 0. The highest BCUT2D eigenvalue weighted by molar-refractivity contribution is 7.99. The number of hydrogen-bond donors (Lipinski definition) is 3. The summed E-state index contributed by atoms with van der Waals surface area (Å²) >= 11 is 1.65. The van der Waals surface area contributed by atoms with Crippen molar-refractivity contribution >= 4 is 23.7 Å². The molecule has 0 radical (unpaired) electrons. The zero-order valence-corrected chi connectivity index (χ0v) is 12.7. The Labute approximate surface area is 133 Å². The van der Waals surface area contributed by atoms with Crippen LogP contribution in [0.4, 0.5) is 4.79 Å². The Bertz CT molecular complexity index is 605. The number of rotatable bonds is 5. The number of carbonyl (C=O) groups is 2. The van der Waals surface area contributed by atoms with E-state index in [4.69, 9.17) is 0 Å². The molecule has 0 bridgehead atoms. The zero-order valence-electron chi connectivity index (χ0n) is 11.9. The summed E-state index contributed by atoms with van der Waals surface area (Å²) in [6, 6.07) is 18.2. The van der Waals surface area contributed by atoms with Crippen LogP contribution in [-0.4, -0.2) is 24.2 Å². The summed E-state index contributed by atoms with van der Waals surface area (Å²) in [7, 11) is 0. The minimum absolute atomic E-state index is 0.352. The highest BCUT2D eigenvalue weighted by atomic mass is 32.2. The first-order valence-electron chi connectivity index (χ1n) is 6.83. The van der Waals surface area contributed by atoms with E-state index >= 15 is 0 Å². The van der Waals surface area contributed by atoms with Crippen molar-refractivity contribution in [1.29, 1.82) is 0 Å². The van der Waals surface area contributed by atoms with Crippen molar-refractivity contribution in [3.63, 3.8) is 0 Å². The number of carbonyl (C=O) groups excluding carboxylic acids is 2. The molecule has 6 heteroatoms. The van der Waals surface area contributed by atoms with E-state index in [0.29, 0.717) is 12.1 Å². The number of urea groups is 1. The third kappa shape index (κ3) is 5.49. The molecule has 114 valence electrons. The summed E-state index contributed by atoms with van der Waals surface area (Å²) in [4.78, 5) is 24.4. The van der Waals surface area contributed by atoms with E-state index in [2.05, 4.69) is 16.2 Å². The minimum Gasteiger partial charge on any atom is -0.336 e. The highest BCUT2D eigenvalue weighted by Crippen LogP contribution is 2.15. The van der Waals surface area contributed by atoms with Gasteiger partial charge in [0.25, 0.3) is 5.91 Å². The van der Waals surface area contributed by atoms with Gasteiger partial charge in [0.2, 0.25) is 0 Å². The number of hydrazine groups is 1. The summed E-state index contributed by atoms with van der Waals surface area (Å²) in [6.07, 6.45) is 0. The topological polar surface area (TPSA) is 70.2 Å². The Balaban J connectivity index is 1.61. The molecular formula is C16H17N3O2S. The number of amides is 3. The van der Waals surface area contributed by atoms with Gasteiger partial charge < -0.3 is 5.32 Å². The van der Waals surface area contributed by atoms with Crippen LogP contribution >= 0.6 is 11.8 Å². The molecule has 0 aliphatic carbocycles. The summed E-state index contributed by atoms with van der Waals surface area (Å²) in [6.45, 7) is 0.507. The van der Waals surface area contributed by atoms with Crippen LogP contribution in [0.25, 0.3) is 0 Å². The smallest absolute Gasteiger partial charge is 0.333 e. The van der Waals surface area contributed by atoms with Gasteiger partial charge in [-0.15, -0.1) is 11.8 Å². The molecule has 3 amide bonds. The molecule has 2 aromatic carbocycles. The molecule has 0 heterocycles. The minimum atomic E-state index is -0.432. The lowest BCUT2D eigenvalue weighted by molar-refractivity contribution is 0.0936. The third-order valence-corrected chi connectivity index (χ3v) is 3.74. The molecule has 3 N–H and O–H groups in total. The van der Waals surface area contributed by atoms with Gasteiger partial charge in [-0.2, -0.15) is 0 Å². The SMILES string of the molecule is O=C(NCCSc1ccccc1)NNC(=O)c1ccccc1. The molecule has 0 aliphatic heterocycles. The summed E-state index contributed by atoms with van der Waals surface area (Å²) in [5.74, 6) is 0.402. The Morgan fingerprint density at radius 2 is 1.50 bits per heavy atom. The second-order valence-corrected chi connectivity index (χ2v) is 5.53. The van der Waals surface area contributed by atoms with Crippen molar-refractivity contribution in [2.45, 2.75) is 4.90 Å². The molecule has 0 fully saturated rings. The van der Waals surface area contributed by atoms with Crippen molar-refractivity contribution in [2.75, 3.05) is 12.3 Å². The van der Waals surface area contributed by atoms with Gasteiger partial charge in [-0.25, -0.2) is 10.2 Å². The molecule has 5 nitrogen and oxygen atoms in total. The van der Waals surface area contributed by atoms with Gasteiger partial charge in [0.15, 0.2) is 0 Å². The van der Waals surface area contributed by atoms with Crippen molar-refractivity contribution < 1.29 is 9.59 Å². The van der Waals surface area contributed by atoms with Crippen LogP contribution in [0.2, 0.25) is 0 Å². The second kappa shape index (κ2) is 8.74. The highest BCUT2D eigenvalue weighted by Gasteiger charge is 2.05. The van der Waals surface area contributed by atoms with E-state index in [1.807, 2.05) is 36.4 Å². The van der Waals surface area contributed by atoms with Crippen molar-refractivity contribution in [3.8, 4) is 0 Å². The van der Waals surface area contributed by atoms with Crippen LogP contribution in [0.15, 0.2) is 65.6 Å². The predicted octanol–water partition coefficient (Wildman–Crippen LogP) is 2.42. The lowest BCUT2D eigenvalue weighted by atomic mass is 10.2.